The molecule has 0 saturated heterocycles. The molecule has 5 heteroatoms. The van der Waals surface area contributed by atoms with Crippen LogP contribution in [0.3, 0.4) is 0 Å². The quantitative estimate of drug-likeness (QED) is 0.749. The van der Waals surface area contributed by atoms with E-state index in [0.717, 1.165) is 32.2 Å². The minimum atomic E-state index is -0.905. The lowest BCUT2D eigenvalue weighted by Gasteiger charge is -2.34. The molecular formula is C14H27NO4. The summed E-state index contributed by atoms with van der Waals surface area (Å²) in [6.07, 6.45) is 2.39. The molecule has 0 aromatic carbocycles. The molecule has 1 fully saturated rings. The number of rotatable bonds is 5. The first kappa shape index (κ1) is 16.4. The molecule has 0 bridgehead atoms. The first-order chi connectivity index (χ1) is 8.69. The van der Waals surface area contributed by atoms with Crippen molar-refractivity contribution in [2.24, 2.45) is 11.8 Å². The van der Waals surface area contributed by atoms with Gasteiger partial charge in [0.25, 0.3) is 0 Å². The van der Waals surface area contributed by atoms with E-state index in [4.69, 9.17) is 9.84 Å². The molecule has 0 spiro atoms. The van der Waals surface area contributed by atoms with Crippen molar-refractivity contribution in [3.8, 4) is 0 Å². The number of carboxylic acid groups (broad SMARTS) is 1. The smallest absolute Gasteiger partial charge is 0.306 e. The van der Waals surface area contributed by atoms with Crippen molar-refractivity contribution in [2.45, 2.75) is 58.5 Å². The average molecular weight is 273 g/mol. The molecule has 0 heterocycles. The summed E-state index contributed by atoms with van der Waals surface area (Å²) in [4.78, 5) is 12.7. The molecule has 0 radical (unpaired) electrons. The van der Waals surface area contributed by atoms with Crippen molar-refractivity contribution < 1.29 is 19.7 Å². The summed E-state index contributed by atoms with van der Waals surface area (Å²) < 4.78 is 5.49. The predicted octanol–water partition coefficient (Wildman–Crippen LogP) is 1.90. The summed E-state index contributed by atoms with van der Waals surface area (Å²) in [6, 6.07) is 0. The van der Waals surface area contributed by atoms with Crippen LogP contribution in [0.4, 0.5) is 0 Å². The molecule has 2 N–H and O–H groups in total. The van der Waals surface area contributed by atoms with Crippen LogP contribution >= 0.6 is 0 Å². The number of carboxylic acids is 1. The van der Waals surface area contributed by atoms with E-state index in [9.17, 15) is 9.90 Å². The number of carbonyl (C=O) groups is 1. The van der Waals surface area contributed by atoms with Gasteiger partial charge in [0.1, 0.15) is 0 Å². The minimum absolute atomic E-state index is 0.183. The molecule has 5 nitrogen and oxygen atoms in total. The zero-order valence-electron chi connectivity index (χ0n) is 12.4. The van der Waals surface area contributed by atoms with E-state index in [-0.39, 0.29) is 11.5 Å². The van der Waals surface area contributed by atoms with E-state index >= 15 is 0 Å². The van der Waals surface area contributed by atoms with Gasteiger partial charge in [-0.05, 0) is 59.4 Å². The highest BCUT2D eigenvalue weighted by molar-refractivity contribution is 5.69. The lowest BCUT2D eigenvalue weighted by molar-refractivity contribution is -0.235. The van der Waals surface area contributed by atoms with Gasteiger partial charge in [-0.25, -0.2) is 0 Å². The molecule has 0 amide bonds. The maximum absolute atomic E-state index is 10.9. The molecule has 1 unspecified atom stereocenters. The zero-order valence-corrected chi connectivity index (χ0v) is 12.4. The van der Waals surface area contributed by atoms with Crippen LogP contribution in [0.2, 0.25) is 0 Å². The van der Waals surface area contributed by atoms with Gasteiger partial charge in [-0.2, -0.15) is 0 Å². The summed E-state index contributed by atoms with van der Waals surface area (Å²) in [5.41, 5.74) is -0.380. The largest absolute Gasteiger partial charge is 0.481 e. The third kappa shape index (κ3) is 5.89. The summed E-state index contributed by atoms with van der Waals surface area (Å²) in [5, 5.41) is 18.9. The Balaban J connectivity index is 2.34. The van der Waals surface area contributed by atoms with E-state index in [1.165, 1.54) is 0 Å². The Labute approximate surface area is 115 Å². The summed E-state index contributed by atoms with van der Waals surface area (Å²) in [5.74, 6) is -0.418. The third-order valence-corrected chi connectivity index (χ3v) is 3.58. The van der Waals surface area contributed by atoms with Crippen molar-refractivity contribution in [3.63, 3.8) is 0 Å². The average Bonchev–Trinajstić information content (AvgIpc) is 2.27. The second kappa shape index (κ2) is 6.68. The number of aliphatic hydroxyl groups excluding tert-OH is 1. The Kier molecular flexibility index (Phi) is 5.77. The van der Waals surface area contributed by atoms with Crippen LogP contribution < -0.4 is 0 Å². The van der Waals surface area contributed by atoms with Crippen LogP contribution in [0.1, 0.15) is 46.5 Å². The Morgan fingerprint density at radius 2 is 1.84 bits per heavy atom. The fraction of sp³-hybridized carbons (Fsp3) is 0.929. The highest BCUT2D eigenvalue weighted by Crippen LogP contribution is 2.29. The summed E-state index contributed by atoms with van der Waals surface area (Å²) >= 11 is 0. The minimum Gasteiger partial charge on any atom is -0.481 e. The van der Waals surface area contributed by atoms with Crippen molar-refractivity contribution in [2.75, 3.05) is 13.6 Å². The lowest BCUT2D eigenvalue weighted by atomic mass is 9.82. The second-order valence-electron chi connectivity index (χ2n) is 6.55. The molecule has 0 aromatic heterocycles. The number of aliphatic carboxylic acids is 1. The van der Waals surface area contributed by atoms with Crippen LogP contribution in [0.5, 0.6) is 0 Å². The highest BCUT2D eigenvalue weighted by Gasteiger charge is 2.28. The van der Waals surface area contributed by atoms with Gasteiger partial charge >= 0.3 is 5.97 Å². The number of hydrogen-bond donors (Lipinski definition) is 2. The molecular weight excluding hydrogens is 246 g/mol. The molecule has 0 aromatic rings. The first-order valence-electron chi connectivity index (χ1n) is 6.98. The Morgan fingerprint density at radius 1 is 1.32 bits per heavy atom. The zero-order chi connectivity index (χ0) is 14.6. The van der Waals surface area contributed by atoms with Gasteiger partial charge in [0.15, 0.2) is 0 Å². The maximum atomic E-state index is 10.9. The van der Waals surface area contributed by atoms with Gasteiger partial charge < -0.3 is 14.9 Å². The van der Waals surface area contributed by atoms with Gasteiger partial charge in [0, 0.05) is 6.54 Å². The van der Waals surface area contributed by atoms with E-state index in [0.29, 0.717) is 5.92 Å². The number of nitrogens with zero attached hydrogens (tertiary/aromatic N) is 1. The monoisotopic (exact) mass is 273 g/mol. The van der Waals surface area contributed by atoms with Crippen LogP contribution in [0.15, 0.2) is 0 Å². The fourth-order valence-electron chi connectivity index (χ4n) is 2.50. The topological polar surface area (TPSA) is 70.0 Å². The van der Waals surface area contributed by atoms with Gasteiger partial charge in [-0.15, -0.1) is 0 Å². The number of hydrogen-bond acceptors (Lipinski definition) is 4. The van der Waals surface area contributed by atoms with Gasteiger partial charge in [0.05, 0.1) is 11.5 Å². The molecule has 0 aliphatic heterocycles. The van der Waals surface area contributed by atoms with E-state index in [1.807, 2.05) is 27.8 Å². The van der Waals surface area contributed by atoms with Crippen LogP contribution in [-0.4, -0.2) is 46.7 Å². The van der Waals surface area contributed by atoms with Crippen LogP contribution in [0.25, 0.3) is 0 Å². The normalized spacial score (nSPS) is 26.4. The fourth-order valence-corrected chi connectivity index (χ4v) is 2.50. The number of ether oxygens (including phenoxy) is 1. The van der Waals surface area contributed by atoms with E-state index < -0.39 is 12.4 Å². The first-order valence-corrected chi connectivity index (χ1v) is 6.98. The van der Waals surface area contributed by atoms with Crippen molar-refractivity contribution in [3.05, 3.63) is 0 Å². The van der Waals surface area contributed by atoms with Gasteiger partial charge in [-0.1, -0.05) is 0 Å². The predicted molar refractivity (Wildman–Crippen MR) is 72.6 cm³/mol. The molecule has 19 heavy (non-hydrogen) atoms. The van der Waals surface area contributed by atoms with Crippen LogP contribution in [0, 0.1) is 11.8 Å². The molecule has 1 aliphatic carbocycles. The van der Waals surface area contributed by atoms with Crippen molar-refractivity contribution >= 4 is 5.97 Å². The highest BCUT2D eigenvalue weighted by atomic mass is 16.6. The lowest BCUT2D eigenvalue weighted by Crippen LogP contribution is -2.42. The maximum Gasteiger partial charge on any atom is 0.306 e. The number of aliphatic hydroxyl groups is 1. The van der Waals surface area contributed by atoms with Crippen LogP contribution in [-0.2, 0) is 9.53 Å². The van der Waals surface area contributed by atoms with Crippen molar-refractivity contribution in [1.29, 1.82) is 0 Å². The summed E-state index contributed by atoms with van der Waals surface area (Å²) in [6.45, 7) is 6.45. The Morgan fingerprint density at radius 3 is 2.26 bits per heavy atom. The molecule has 1 aliphatic rings. The standard InChI is InChI=1S/C14H27NO4/c1-14(2,3)19-13(18)15(4)9-10-5-7-11(8-6-10)12(16)17/h10-11,13,18H,5-9H2,1-4H3,(H,16,17). The van der Waals surface area contributed by atoms with Crippen molar-refractivity contribution in [1.82, 2.24) is 4.90 Å². The molecule has 1 atom stereocenters. The third-order valence-electron chi connectivity index (χ3n) is 3.58. The Bertz CT molecular complexity index is 292. The van der Waals surface area contributed by atoms with E-state index in [2.05, 4.69) is 0 Å². The SMILES string of the molecule is CN(CC1CCC(C(=O)O)CC1)C(O)OC(C)(C)C. The van der Waals surface area contributed by atoms with Gasteiger partial charge in [-0.3, -0.25) is 9.69 Å². The summed E-state index contributed by atoms with van der Waals surface area (Å²) in [7, 11) is 1.83. The second-order valence-corrected chi connectivity index (χ2v) is 6.55. The molecule has 112 valence electrons. The molecule has 1 rings (SSSR count). The van der Waals surface area contributed by atoms with E-state index in [1.54, 1.807) is 4.90 Å². The molecule has 1 saturated carbocycles. The Hall–Kier alpha value is -0.650. The van der Waals surface area contributed by atoms with Gasteiger partial charge in [0.2, 0.25) is 6.41 Å².